The molecule has 0 aliphatic carbocycles. The zero-order chi connectivity index (χ0) is 26.0. The zero-order valence-corrected chi connectivity index (χ0v) is 21.8. The monoisotopic (exact) mass is 547 g/mol. The van der Waals surface area contributed by atoms with Gasteiger partial charge in [-0.1, -0.05) is 59.6 Å². The molecule has 0 aromatic heterocycles. The second-order valence-electron chi connectivity index (χ2n) is 8.37. The van der Waals surface area contributed by atoms with Crippen LogP contribution in [0.1, 0.15) is 5.56 Å². The molecular weight excluding hydrogens is 525 g/mol. The first-order chi connectivity index (χ1) is 17.0. The predicted molar refractivity (Wildman–Crippen MR) is 141 cm³/mol. The molecule has 8 nitrogen and oxygen atoms in total. The van der Waals surface area contributed by atoms with Crippen molar-refractivity contribution in [2.45, 2.75) is 6.54 Å². The highest BCUT2D eigenvalue weighted by Crippen LogP contribution is 2.38. The Morgan fingerprint density at radius 3 is 2.56 bits per heavy atom. The molecule has 0 bridgehead atoms. The summed E-state index contributed by atoms with van der Waals surface area (Å²) >= 11 is 12.2. The van der Waals surface area contributed by atoms with Gasteiger partial charge in [0.15, 0.2) is 6.61 Å². The van der Waals surface area contributed by atoms with Crippen molar-refractivity contribution in [1.29, 1.82) is 0 Å². The van der Waals surface area contributed by atoms with Gasteiger partial charge in [0.2, 0.25) is 15.9 Å². The van der Waals surface area contributed by atoms with Gasteiger partial charge in [-0.3, -0.25) is 19.2 Å². The Balaban J connectivity index is 1.51. The number of halogens is 2. The molecule has 0 saturated heterocycles. The second-order valence-corrected chi connectivity index (χ2v) is 10.9. The first kappa shape index (κ1) is 25.8. The number of hydrogen-bond acceptors (Lipinski definition) is 5. The van der Waals surface area contributed by atoms with E-state index >= 15 is 0 Å². The van der Waals surface area contributed by atoms with E-state index in [1.54, 1.807) is 19.2 Å². The van der Waals surface area contributed by atoms with Gasteiger partial charge in [-0.15, -0.1) is 0 Å². The summed E-state index contributed by atoms with van der Waals surface area (Å²) < 4.78 is 31.5. The van der Waals surface area contributed by atoms with E-state index in [0.717, 1.165) is 17.4 Å². The fourth-order valence-corrected chi connectivity index (χ4v) is 4.74. The highest BCUT2D eigenvalue weighted by atomic mass is 35.5. The Labute approximate surface area is 219 Å². The lowest BCUT2D eigenvalue weighted by molar-refractivity contribution is -0.131. The van der Waals surface area contributed by atoms with Gasteiger partial charge in [0.25, 0.3) is 5.91 Å². The third-order valence-corrected chi connectivity index (χ3v) is 6.86. The summed E-state index contributed by atoms with van der Waals surface area (Å²) in [6.07, 6.45) is 1.10. The number of nitrogens with zero attached hydrogens (tertiary/aromatic N) is 2. The number of ether oxygens (including phenoxy) is 1. The molecule has 1 aliphatic heterocycles. The lowest BCUT2D eigenvalue weighted by atomic mass is 10.0. The average Bonchev–Trinajstić information content (AvgIpc) is 2.81. The summed E-state index contributed by atoms with van der Waals surface area (Å²) in [5, 5.41) is 0.545. The van der Waals surface area contributed by atoms with Gasteiger partial charge in [0.05, 0.1) is 27.7 Å². The van der Waals surface area contributed by atoms with Crippen LogP contribution in [0.2, 0.25) is 10.0 Å². The predicted octanol–water partition coefficient (Wildman–Crippen LogP) is 4.42. The SMILES string of the molecule is CN(Cc1cccc(-c2ccccc2NS(C)(=O)=O)c1)C(=O)CN1C(=O)COc2cc(Cl)c(Cl)cc21. The molecule has 2 amide bonds. The molecular formula is C25H23Cl2N3O5S. The molecule has 4 rings (SSSR count). The number of para-hydroxylation sites is 1. The van der Waals surface area contributed by atoms with Gasteiger partial charge < -0.3 is 9.64 Å². The number of fused-ring (bicyclic) bond motifs is 1. The maximum atomic E-state index is 13.0. The van der Waals surface area contributed by atoms with Crippen molar-refractivity contribution >= 4 is 56.4 Å². The molecule has 0 radical (unpaired) electrons. The molecule has 1 heterocycles. The molecule has 3 aromatic rings. The number of carbonyl (C=O) groups is 2. The van der Waals surface area contributed by atoms with Crippen LogP contribution in [0, 0.1) is 0 Å². The number of benzene rings is 3. The Kier molecular flexibility index (Phi) is 7.44. The van der Waals surface area contributed by atoms with Gasteiger partial charge in [-0.2, -0.15) is 0 Å². The number of likely N-dealkylation sites (N-methyl/N-ethyl adjacent to an activating group) is 1. The number of carbonyl (C=O) groups excluding carboxylic acids is 2. The van der Waals surface area contributed by atoms with Gasteiger partial charge >= 0.3 is 0 Å². The fourth-order valence-electron chi connectivity index (χ4n) is 3.85. The van der Waals surface area contributed by atoms with Crippen molar-refractivity contribution < 1.29 is 22.7 Å². The minimum Gasteiger partial charge on any atom is -0.482 e. The van der Waals surface area contributed by atoms with Crippen LogP contribution >= 0.6 is 23.2 Å². The van der Waals surface area contributed by atoms with E-state index < -0.39 is 10.0 Å². The molecule has 0 fully saturated rings. The molecule has 36 heavy (non-hydrogen) atoms. The Bertz CT molecular complexity index is 1450. The third-order valence-electron chi connectivity index (χ3n) is 5.54. The van der Waals surface area contributed by atoms with Crippen molar-refractivity contribution in [2.24, 2.45) is 0 Å². The highest BCUT2D eigenvalue weighted by molar-refractivity contribution is 7.92. The number of rotatable bonds is 7. The summed E-state index contributed by atoms with van der Waals surface area (Å²) in [5.74, 6) is -0.264. The Hall–Kier alpha value is -3.27. The smallest absolute Gasteiger partial charge is 0.265 e. The summed E-state index contributed by atoms with van der Waals surface area (Å²) in [6, 6.07) is 17.6. The Morgan fingerprint density at radius 2 is 1.81 bits per heavy atom. The van der Waals surface area contributed by atoms with Gasteiger partial charge in [0, 0.05) is 25.2 Å². The van der Waals surface area contributed by atoms with Gasteiger partial charge in [0.1, 0.15) is 12.3 Å². The van der Waals surface area contributed by atoms with Crippen LogP contribution in [0.15, 0.2) is 60.7 Å². The molecule has 11 heteroatoms. The quantitative estimate of drug-likeness (QED) is 0.472. The van der Waals surface area contributed by atoms with Crippen molar-refractivity contribution in [3.8, 4) is 16.9 Å². The molecule has 0 unspecified atom stereocenters. The van der Waals surface area contributed by atoms with Gasteiger partial charge in [-0.05, 0) is 29.3 Å². The van der Waals surface area contributed by atoms with E-state index in [2.05, 4.69) is 4.72 Å². The van der Waals surface area contributed by atoms with Crippen LogP contribution in [0.3, 0.4) is 0 Å². The number of nitrogens with one attached hydrogen (secondary N) is 1. The van der Waals surface area contributed by atoms with E-state index in [4.69, 9.17) is 27.9 Å². The maximum Gasteiger partial charge on any atom is 0.265 e. The first-order valence-corrected chi connectivity index (χ1v) is 13.5. The molecule has 0 saturated carbocycles. The van der Waals surface area contributed by atoms with Crippen molar-refractivity contribution in [3.63, 3.8) is 0 Å². The number of amides is 2. The van der Waals surface area contributed by atoms with Crippen LogP contribution in [0.4, 0.5) is 11.4 Å². The zero-order valence-electron chi connectivity index (χ0n) is 19.5. The van der Waals surface area contributed by atoms with Crippen molar-refractivity contribution in [2.75, 3.05) is 36.1 Å². The van der Waals surface area contributed by atoms with Crippen LogP contribution < -0.4 is 14.4 Å². The first-order valence-electron chi connectivity index (χ1n) is 10.8. The molecule has 0 spiro atoms. The topological polar surface area (TPSA) is 96.0 Å². The number of anilines is 2. The van der Waals surface area contributed by atoms with E-state index in [-0.39, 0.29) is 36.5 Å². The summed E-state index contributed by atoms with van der Waals surface area (Å²) in [4.78, 5) is 28.4. The summed E-state index contributed by atoms with van der Waals surface area (Å²) in [6.45, 7) is -0.115. The van der Waals surface area contributed by atoms with E-state index in [0.29, 0.717) is 27.7 Å². The average molecular weight is 548 g/mol. The summed E-state index contributed by atoms with van der Waals surface area (Å²) in [7, 11) is -1.80. The Morgan fingerprint density at radius 1 is 1.08 bits per heavy atom. The number of hydrogen-bond donors (Lipinski definition) is 1. The van der Waals surface area contributed by atoms with Crippen molar-refractivity contribution in [1.82, 2.24) is 4.90 Å². The van der Waals surface area contributed by atoms with Crippen LogP contribution in [-0.2, 0) is 26.2 Å². The second kappa shape index (κ2) is 10.4. The lowest BCUT2D eigenvalue weighted by Crippen LogP contribution is -2.45. The van der Waals surface area contributed by atoms with Crippen LogP contribution in [0.5, 0.6) is 5.75 Å². The van der Waals surface area contributed by atoms with E-state index in [1.807, 2.05) is 36.4 Å². The molecule has 1 N–H and O–H groups in total. The highest BCUT2D eigenvalue weighted by Gasteiger charge is 2.29. The van der Waals surface area contributed by atoms with Crippen LogP contribution in [0.25, 0.3) is 11.1 Å². The maximum absolute atomic E-state index is 13.0. The van der Waals surface area contributed by atoms with Crippen LogP contribution in [-0.4, -0.2) is 51.6 Å². The fraction of sp³-hybridized carbons (Fsp3) is 0.200. The molecule has 3 aromatic carbocycles. The molecule has 188 valence electrons. The van der Waals surface area contributed by atoms with E-state index in [9.17, 15) is 18.0 Å². The lowest BCUT2D eigenvalue weighted by Gasteiger charge is -2.30. The minimum absolute atomic E-state index is 0.190. The van der Waals surface area contributed by atoms with E-state index in [1.165, 1.54) is 21.9 Å². The number of sulfonamides is 1. The van der Waals surface area contributed by atoms with Crippen molar-refractivity contribution in [3.05, 3.63) is 76.3 Å². The normalized spacial score (nSPS) is 13.1. The minimum atomic E-state index is -3.45. The molecule has 1 aliphatic rings. The largest absolute Gasteiger partial charge is 0.482 e. The molecule has 0 atom stereocenters. The summed E-state index contributed by atoms with van der Waals surface area (Å²) in [5.41, 5.74) is 3.19. The third kappa shape index (κ3) is 5.92. The van der Waals surface area contributed by atoms with Gasteiger partial charge in [-0.25, -0.2) is 8.42 Å². The standard InChI is InChI=1S/C25H23Cl2N3O5S/c1-29(24(31)14-30-22-11-19(26)20(27)12-23(22)35-15-25(30)32)13-16-6-5-7-17(10-16)18-8-3-4-9-21(18)28-36(2,33)34/h3-12,28H,13-15H2,1-2H3.